The summed E-state index contributed by atoms with van der Waals surface area (Å²) in [5, 5.41) is 4.11. The number of rotatable bonds is 6. The van der Waals surface area contributed by atoms with E-state index in [9.17, 15) is 14.4 Å². The molecule has 0 radical (unpaired) electrons. The van der Waals surface area contributed by atoms with E-state index in [1.807, 2.05) is 41.1 Å². The first-order chi connectivity index (χ1) is 13.9. The van der Waals surface area contributed by atoms with Crippen LogP contribution in [0.25, 0.3) is 10.9 Å². The number of hydrogen-bond acceptors (Lipinski definition) is 3. The topological polar surface area (TPSA) is 92.2 Å². The smallest absolute Gasteiger partial charge is 0.258 e. The van der Waals surface area contributed by atoms with Gasteiger partial charge in [-0.1, -0.05) is 44.9 Å². The Labute approximate surface area is 171 Å². The van der Waals surface area contributed by atoms with Crippen molar-refractivity contribution in [2.45, 2.75) is 58.5 Å². The molecule has 3 atom stereocenters. The summed E-state index contributed by atoms with van der Waals surface area (Å²) in [6, 6.07) is 9.90. The molecule has 3 rings (SSSR count). The predicted molar refractivity (Wildman–Crippen MR) is 112 cm³/mol. The van der Waals surface area contributed by atoms with Crippen LogP contribution < -0.4 is 16.2 Å². The maximum atomic E-state index is 12.2. The number of benzene rings is 1. The van der Waals surface area contributed by atoms with E-state index in [1.54, 1.807) is 0 Å². The zero-order valence-electron chi connectivity index (χ0n) is 17.1. The van der Waals surface area contributed by atoms with Gasteiger partial charge in [-0.2, -0.15) is 0 Å². The molecular weight excluding hydrogens is 368 g/mol. The summed E-state index contributed by atoms with van der Waals surface area (Å²) >= 11 is 0. The molecule has 0 spiro atoms. The normalized spacial score (nSPS) is 21.5. The summed E-state index contributed by atoms with van der Waals surface area (Å²) in [6.07, 6.45) is 5.31. The molecule has 1 fully saturated rings. The van der Waals surface area contributed by atoms with Crippen LogP contribution in [0.5, 0.6) is 0 Å². The van der Waals surface area contributed by atoms with Crippen molar-refractivity contribution in [3.8, 4) is 0 Å². The molecule has 7 heteroatoms. The molecule has 7 nitrogen and oxygen atoms in total. The van der Waals surface area contributed by atoms with Crippen molar-refractivity contribution in [1.29, 1.82) is 0 Å². The van der Waals surface area contributed by atoms with Gasteiger partial charge in [-0.25, -0.2) is 0 Å². The molecule has 0 saturated heterocycles. The van der Waals surface area contributed by atoms with Gasteiger partial charge in [0.15, 0.2) is 0 Å². The minimum Gasteiger partial charge on any atom is -0.353 e. The first kappa shape index (κ1) is 20.9. The Morgan fingerprint density at radius 1 is 0.966 bits per heavy atom. The fourth-order valence-electron chi connectivity index (χ4n) is 3.97. The average molecular weight is 399 g/mol. The van der Waals surface area contributed by atoms with E-state index >= 15 is 0 Å². The van der Waals surface area contributed by atoms with Crippen molar-refractivity contribution in [2.24, 2.45) is 11.8 Å². The lowest BCUT2D eigenvalue weighted by molar-refractivity contribution is -0.130. The number of fused-ring (bicyclic) bond motifs is 1. The minimum absolute atomic E-state index is 0.0369. The van der Waals surface area contributed by atoms with Gasteiger partial charge < -0.3 is 9.88 Å². The minimum atomic E-state index is -0.379. The molecule has 3 amide bonds. The average Bonchev–Trinajstić information content (AvgIpc) is 3.11. The number of nitrogens with zero attached hydrogens (tertiary/aromatic N) is 1. The Morgan fingerprint density at radius 2 is 1.69 bits per heavy atom. The number of hydrogen-bond donors (Lipinski definition) is 3. The molecule has 0 bridgehead atoms. The first-order valence-corrected chi connectivity index (χ1v) is 10.3. The summed E-state index contributed by atoms with van der Waals surface area (Å²) in [5.41, 5.74) is 5.75. The Hall–Kier alpha value is -2.83. The van der Waals surface area contributed by atoms with Gasteiger partial charge in [-0.05, 0) is 35.8 Å². The third kappa shape index (κ3) is 5.59. The van der Waals surface area contributed by atoms with Crippen LogP contribution in [0.3, 0.4) is 0 Å². The van der Waals surface area contributed by atoms with E-state index < -0.39 is 0 Å². The number of amides is 3. The molecule has 1 saturated carbocycles. The Kier molecular flexibility index (Phi) is 6.90. The van der Waals surface area contributed by atoms with E-state index in [4.69, 9.17) is 0 Å². The largest absolute Gasteiger partial charge is 0.353 e. The molecule has 29 heavy (non-hydrogen) atoms. The molecule has 2 aromatic rings. The molecule has 1 aliphatic carbocycles. The maximum absolute atomic E-state index is 12.2. The Bertz CT molecular complexity index is 876. The van der Waals surface area contributed by atoms with Gasteiger partial charge in [0.2, 0.25) is 11.8 Å². The van der Waals surface area contributed by atoms with E-state index in [2.05, 4.69) is 30.0 Å². The van der Waals surface area contributed by atoms with Crippen LogP contribution in [0, 0.1) is 11.8 Å². The van der Waals surface area contributed by atoms with Crippen molar-refractivity contribution >= 4 is 28.6 Å². The van der Waals surface area contributed by atoms with E-state index in [-0.39, 0.29) is 43.1 Å². The van der Waals surface area contributed by atoms with Gasteiger partial charge in [0.1, 0.15) is 6.54 Å². The molecule has 1 aromatic heterocycles. The molecule has 1 aliphatic rings. The van der Waals surface area contributed by atoms with Crippen LogP contribution >= 0.6 is 0 Å². The van der Waals surface area contributed by atoms with Crippen molar-refractivity contribution < 1.29 is 14.4 Å². The number of hydrazine groups is 1. The zero-order chi connectivity index (χ0) is 20.8. The van der Waals surface area contributed by atoms with Crippen LogP contribution in [0.15, 0.2) is 36.5 Å². The molecule has 1 heterocycles. The monoisotopic (exact) mass is 398 g/mol. The predicted octanol–water partition coefficient (Wildman–Crippen LogP) is 2.51. The van der Waals surface area contributed by atoms with Crippen molar-refractivity contribution in [2.75, 3.05) is 0 Å². The van der Waals surface area contributed by atoms with Gasteiger partial charge in [0.25, 0.3) is 5.91 Å². The van der Waals surface area contributed by atoms with Crippen LogP contribution in [0.1, 0.15) is 46.0 Å². The van der Waals surface area contributed by atoms with Crippen molar-refractivity contribution in [3.05, 3.63) is 36.5 Å². The highest BCUT2D eigenvalue weighted by atomic mass is 16.2. The highest BCUT2D eigenvalue weighted by molar-refractivity contribution is 5.86. The molecule has 3 N–H and O–H groups in total. The third-order valence-corrected chi connectivity index (χ3v) is 5.97. The number of aromatic nitrogens is 1. The molecule has 0 unspecified atom stereocenters. The van der Waals surface area contributed by atoms with E-state index in [0.29, 0.717) is 11.8 Å². The van der Waals surface area contributed by atoms with E-state index in [0.717, 1.165) is 23.7 Å². The lowest BCUT2D eigenvalue weighted by atomic mass is 9.78. The molecule has 1 aromatic carbocycles. The van der Waals surface area contributed by atoms with Crippen LogP contribution in [0.2, 0.25) is 0 Å². The highest BCUT2D eigenvalue weighted by Crippen LogP contribution is 2.29. The van der Waals surface area contributed by atoms with Crippen molar-refractivity contribution in [1.82, 2.24) is 20.7 Å². The second kappa shape index (κ2) is 9.58. The number of para-hydroxylation sites is 1. The summed E-state index contributed by atoms with van der Waals surface area (Å²) < 4.78 is 1.82. The summed E-state index contributed by atoms with van der Waals surface area (Å²) in [4.78, 5) is 36.2. The lowest BCUT2D eigenvalue weighted by Crippen LogP contribution is -2.45. The summed E-state index contributed by atoms with van der Waals surface area (Å²) in [5.74, 6) is 0.233. The van der Waals surface area contributed by atoms with Gasteiger partial charge in [0, 0.05) is 30.6 Å². The fraction of sp³-hybridized carbons (Fsp3) is 0.500. The van der Waals surface area contributed by atoms with Gasteiger partial charge in [0.05, 0.1) is 0 Å². The quantitative estimate of drug-likeness (QED) is 0.653. The lowest BCUT2D eigenvalue weighted by Gasteiger charge is -2.34. The molecule has 156 valence electrons. The third-order valence-electron chi connectivity index (χ3n) is 5.97. The fourth-order valence-corrected chi connectivity index (χ4v) is 3.97. The second-order valence-corrected chi connectivity index (χ2v) is 8.04. The van der Waals surface area contributed by atoms with Gasteiger partial charge in [-0.3, -0.25) is 25.2 Å². The van der Waals surface area contributed by atoms with Gasteiger partial charge >= 0.3 is 0 Å². The van der Waals surface area contributed by atoms with Crippen LogP contribution in [0.4, 0.5) is 0 Å². The maximum Gasteiger partial charge on any atom is 0.258 e. The zero-order valence-corrected chi connectivity index (χ0v) is 17.1. The van der Waals surface area contributed by atoms with Crippen LogP contribution in [-0.4, -0.2) is 28.3 Å². The van der Waals surface area contributed by atoms with Crippen molar-refractivity contribution in [3.63, 3.8) is 0 Å². The molecular formula is C22H30N4O3. The van der Waals surface area contributed by atoms with E-state index in [1.165, 1.54) is 6.42 Å². The highest BCUT2D eigenvalue weighted by Gasteiger charge is 2.28. The Morgan fingerprint density at radius 3 is 2.52 bits per heavy atom. The number of nitrogens with one attached hydrogen (secondary N) is 3. The number of carbonyl (C=O) groups excluding carboxylic acids is 3. The number of carbonyl (C=O) groups is 3. The Balaban J connectivity index is 1.37. The standard InChI is InChI=1S/C22H30N4O3/c1-15-6-5-8-18(16(15)2)23-20(27)10-11-21(28)24-25-22(29)14-26-13-12-17-7-3-4-9-19(17)26/h3-4,7,9,12-13,15-16,18H,5-6,8,10-11,14H2,1-2H3,(H,23,27)(H,24,28)(H,25,29)/t15-,16+,18+/m1/s1. The van der Waals surface area contributed by atoms with Crippen LogP contribution in [-0.2, 0) is 20.9 Å². The summed E-state index contributed by atoms with van der Waals surface area (Å²) in [6.45, 7) is 4.49. The first-order valence-electron chi connectivity index (χ1n) is 10.3. The second-order valence-electron chi connectivity index (χ2n) is 8.04. The SMILES string of the molecule is C[C@H]1[C@H](C)CCC[C@@H]1NC(=O)CCC(=O)NNC(=O)Cn1ccc2ccccc21. The summed E-state index contributed by atoms with van der Waals surface area (Å²) in [7, 11) is 0. The molecule has 0 aliphatic heterocycles. The van der Waals surface area contributed by atoms with Gasteiger partial charge in [-0.15, -0.1) is 0 Å².